The first-order valence-electron chi connectivity index (χ1n) is 9.71. The lowest BCUT2D eigenvalue weighted by Gasteiger charge is -2.27. The number of nitrogens with zero attached hydrogens (tertiary/aromatic N) is 6. The molecule has 0 unspecified atom stereocenters. The summed E-state index contributed by atoms with van der Waals surface area (Å²) in [4.78, 5) is 33.7. The average molecular weight is 405 g/mol. The number of anilines is 3. The van der Waals surface area contributed by atoms with E-state index in [2.05, 4.69) is 30.2 Å². The molecule has 0 saturated carbocycles. The van der Waals surface area contributed by atoms with Gasteiger partial charge >= 0.3 is 0 Å². The van der Waals surface area contributed by atoms with Gasteiger partial charge in [-0.05, 0) is 23.8 Å². The number of rotatable bonds is 6. The third-order valence-electron chi connectivity index (χ3n) is 4.76. The van der Waals surface area contributed by atoms with E-state index in [-0.39, 0.29) is 11.6 Å². The van der Waals surface area contributed by atoms with Gasteiger partial charge < -0.3 is 19.9 Å². The molecule has 1 aliphatic heterocycles. The zero-order valence-electron chi connectivity index (χ0n) is 16.7. The maximum absolute atomic E-state index is 12.6. The third kappa shape index (κ3) is 4.87. The largest absolute Gasteiger partial charge is 0.378 e. The van der Waals surface area contributed by atoms with Gasteiger partial charge in [-0.2, -0.15) is 0 Å². The number of hydrogen-bond acceptors (Lipinski definition) is 8. The lowest BCUT2D eigenvalue weighted by molar-refractivity contribution is 0.102. The molecule has 0 atom stereocenters. The summed E-state index contributed by atoms with van der Waals surface area (Å²) in [5.74, 6) is 1.21. The van der Waals surface area contributed by atoms with Gasteiger partial charge in [-0.25, -0.2) is 15.0 Å². The normalized spacial score (nSPS) is 13.7. The fourth-order valence-corrected chi connectivity index (χ4v) is 3.16. The van der Waals surface area contributed by atoms with Gasteiger partial charge in [0.15, 0.2) is 0 Å². The monoisotopic (exact) mass is 405 g/mol. The third-order valence-corrected chi connectivity index (χ3v) is 4.76. The van der Waals surface area contributed by atoms with Crippen molar-refractivity contribution >= 4 is 23.2 Å². The Balaban J connectivity index is 1.40. The molecule has 154 valence electrons. The average Bonchev–Trinajstić information content (AvgIpc) is 2.81. The molecule has 4 heterocycles. The smallest absolute Gasteiger partial charge is 0.274 e. The second-order valence-corrected chi connectivity index (χ2v) is 6.94. The highest BCUT2D eigenvalue weighted by atomic mass is 16.5. The maximum Gasteiger partial charge on any atom is 0.274 e. The number of ether oxygens (including phenoxy) is 1. The topological polar surface area (TPSA) is 96.4 Å². The van der Waals surface area contributed by atoms with Crippen molar-refractivity contribution in [2.75, 3.05) is 48.5 Å². The van der Waals surface area contributed by atoms with Crippen LogP contribution in [-0.4, -0.2) is 59.2 Å². The van der Waals surface area contributed by atoms with Crippen molar-refractivity contribution in [3.05, 3.63) is 66.5 Å². The van der Waals surface area contributed by atoms with E-state index in [1.165, 1.54) is 6.33 Å². The molecule has 30 heavy (non-hydrogen) atoms. The molecule has 0 spiro atoms. The quantitative estimate of drug-likeness (QED) is 0.665. The molecule has 1 aliphatic rings. The summed E-state index contributed by atoms with van der Waals surface area (Å²) in [6.07, 6.45) is 6.58. The van der Waals surface area contributed by atoms with Crippen LogP contribution < -0.4 is 15.1 Å². The molecular weight excluding hydrogens is 382 g/mol. The fraction of sp³-hybridized carbons (Fsp3) is 0.286. The molecule has 0 bridgehead atoms. The second kappa shape index (κ2) is 9.27. The fourth-order valence-electron chi connectivity index (χ4n) is 3.16. The minimum atomic E-state index is -0.311. The summed E-state index contributed by atoms with van der Waals surface area (Å²) in [5, 5.41) is 2.84. The Morgan fingerprint density at radius 3 is 2.77 bits per heavy atom. The summed E-state index contributed by atoms with van der Waals surface area (Å²) in [5.41, 5.74) is 1.95. The first kappa shape index (κ1) is 19.7. The van der Waals surface area contributed by atoms with E-state index < -0.39 is 0 Å². The summed E-state index contributed by atoms with van der Waals surface area (Å²) in [7, 11) is 1.91. The predicted molar refractivity (Wildman–Crippen MR) is 114 cm³/mol. The minimum absolute atomic E-state index is 0.287. The van der Waals surface area contributed by atoms with Gasteiger partial charge in [-0.1, -0.05) is 6.07 Å². The number of hydrogen-bond donors (Lipinski definition) is 1. The standard InChI is InChI=1S/C21H23N7O2/c1-27(14-16-3-2-6-22-12-16)20-11-18(24-15-25-20)21(29)26-17-4-5-19(23-13-17)28-7-9-30-10-8-28/h2-6,11-13,15H,7-10,14H2,1H3,(H,26,29). The Hall–Kier alpha value is -3.59. The Morgan fingerprint density at radius 1 is 1.17 bits per heavy atom. The van der Waals surface area contributed by atoms with Gasteiger partial charge in [0.1, 0.15) is 23.7 Å². The Morgan fingerprint density at radius 2 is 2.03 bits per heavy atom. The summed E-state index contributed by atoms with van der Waals surface area (Å²) >= 11 is 0. The van der Waals surface area contributed by atoms with E-state index in [1.807, 2.05) is 36.2 Å². The molecule has 0 aliphatic carbocycles. The van der Waals surface area contributed by atoms with Gasteiger partial charge in [-0.3, -0.25) is 9.78 Å². The molecule has 3 aromatic rings. The maximum atomic E-state index is 12.6. The van der Waals surface area contributed by atoms with Gasteiger partial charge in [0.2, 0.25) is 0 Å². The number of aromatic nitrogens is 4. The Kier molecular flexibility index (Phi) is 6.09. The van der Waals surface area contributed by atoms with Gasteiger partial charge in [0.05, 0.1) is 25.1 Å². The van der Waals surface area contributed by atoms with Gasteiger partial charge in [0.25, 0.3) is 5.91 Å². The molecule has 1 saturated heterocycles. The highest BCUT2D eigenvalue weighted by molar-refractivity contribution is 6.03. The number of nitrogens with one attached hydrogen (secondary N) is 1. The van der Waals surface area contributed by atoms with E-state index >= 15 is 0 Å². The van der Waals surface area contributed by atoms with E-state index in [1.54, 1.807) is 24.7 Å². The van der Waals surface area contributed by atoms with E-state index in [4.69, 9.17) is 4.74 Å². The van der Waals surface area contributed by atoms with Crippen LogP contribution in [0.1, 0.15) is 16.1 Å². The highest BCUT2D eigenvalue weighted by Crippen LogP contribution is 2.17. The van der Waals surface area contributed by atoms with Gasteiger partial charge in [-0.15, -0.1) is 0 Å². The Labute approximate surface area is 174 Å². The molecular formula is C21H23N7O2. The number of morpholine rings is 1. The van der Waals surface area contributed by atoms with Crippen molar-refractivity contribution in [2.45, 2.75) is 6.54 Å². The van der Waals surface area contributed by atoms with E-state index in [9.17, 15) is 4.79 Å². The molecule has 0 radical (unpaired) electrons. The van der Waals surface area contributed by atoms with Crippen LogP contribution in [0.15, 0.2) is 55.2 Å². The first-order chi connectivity index (χ1) is 14.7. The lowest BCUT2D eigenvalue weighted by Crippen LogP contribution is -2.36. The molecule has 4 rings (SSSR count). The number of carbonyl (C=O) groups is 1. The van der Waals surface area contributed by atoms with Crippen molar-refractivity contribution in [1.82, 2.24) is 19.9 Å². The zero-order chi connectivity index (χ0) is 20.8. The number of carbonyl (C=O) groups excluding carboxylic acids is 1. The summed E-state index contributed by atoms with van der Waals surface area (Å²) in [6.45, 7) is 3.65. The molecule has 1 N–H and O–H groups in total. The van der Waals surface area contributed by atoms with Crippen molar-refractivity contribution < 1.29 is 9.53 Å². The van der Waals surface area contributed by atoms with Crippen LogP contribution in [0.5, 0.6) is 0 Å². The number of amides is 1. The highest BCUT2D eigenvalue weighted by Gasteiger charge is 2.14. The first-order valence-corrected chi connectivity index (χ1v) is 9.71. The van der Waals surface area contributed by atoms with Crippen LogP contribution in [0.2, 0.25) is 0 Å². The lowest BCUT2D eigenvalue weighted by atomic mass is 10.2. The van der Waals surface area contributed by atoms with Gasteiger partial charge in [0, 0.05) is 45.1 Å². The minimum Gasteiger partial charge on any atom is -0.378 e. The van der Waals surface area contributed by atoms with Crippen LogP contribution in [-0.2, 0) is 11.3 Å². The summed E-state index contributed by atoms with van der Waals surface area (Å²) in [6, 6.07) is 9.29. The number of pyridine rings is 2. The molecule has 9 heteroatoms. The van der Waals surface area contributed by atoms with Crippen molar-refractivity contribution in [2.24, 2.45) is 0 Å². The predicted octanol–water partition coefficient (Wildman–Crippen LogP) is 1.99. The SMILES string of the molecule is CN(Cc1cccnc1)c1cc(C(=O)Nc2ccc(N3CCOCC3)nc2)ncn1. The van der Waals surface area contributed by atoms with Crippen LogP contribution in [0.25, 0.3) is 0 Å². The molecule has 1 amide bonds. The van der Waals surface area contributed by atoms with Crippen molar-refractivity contribution in [3.63, 3.8) is 0 Å². The second-order valence-electron chi connectivity index (χ2n) is 6.94. The van der Waals surface area contributed by atoms with Crippen molar-refractivity contribution in [3.8, 4) is 0 Å². The summed E-state index contributed by atoms with van der Waals surface area (Å²) < 4.78 is 5.36. The van der Waals surface area contributed by atoms with E-state index in [0.29, 0.717) is 31.3 Å². The van der Waals surface area contributed by atoms with Crippen LogP contribution in [0, 0.1) is 0 Å². The van der Waals surface area contributed by atoms with Crippen LogP contribution in [0.4, 0.5) is 17.3 Å². The van der Waals surface area contributed by atoms with Crippen LogP contribution in [0.3, 0.4) is 0 Å². The zero-order valence-corrected chi connectivity index (χ0v) is 16.7. The molecule has 0 aromatic carbocycles. The Bertz CT molecular complexity index is 976. The van der Waals surface area contributed by atoms with E-state index in [0.717, 1.165) is 24.5 Å². The molecule has 9 nitrogen and oxygen atoms in total. The van der Waals surface area contributed by atoms with Crippen LogP contribution >= 0.6 is 0 Å². The van der Waals surface area contributed by atoms with Crippen molar-refractivity contribution in [1.29, 1.82) is 0 Å². The molecule has 1 fully saturated rings. The molecule has 3 aromatic heterocycles.